The van der Waals surface area contributed by atoms with Gasteiger partial charge in [0.2, 0.25) is 0 Å². The van der Waals surface area contributed by atoms with Crippen LogP contribution in [0.1, 0.15) is 18.1 Å². The maximum Gasteiger partial charge on any atom is 0.130 e. The molecule has 0 radical (unpaired) electrons. The first-order valence-corrected chi connectivity index (χ1v) is 4.36. The Labute approximate surface area is 81.1 Å². The van der Waals surface area contributed by atoms with Crippen LogP contribution >= 0.6 is 11.6 Å². The van der Waals surface area contributed by atoms with E-state index in [-0.39, 0.29) is 5.56 Å². The molecule has 1 rings (SSSR count). The summed E-state index contributed by atoms with van der Waals surface area (Å²) in [5, 5.41) is 9.75. The van der Waals surface area contributed by atoms with E-state index in [0.717, 1.165) is 0 Å². The van der Waals surface area contributed by atoms with E-state index in [2.05, 4.69) is 0 Å². The van der Waals surface area contributed by atoms with Crippen LogP contribution < -0.4 is 5.73 Å². The van der Waals surface area contributed by atoms with Crippen LogP contribution in [-0.4, -0.2) is 11.7 Å². The molecule has 0 spiro atoms. The summed E-state index contributed by atoms with van der Waals surface area (Å²) in [5.74, 6) is -0.492. The maximum absolute atomic E-state index is 13.1. The van der Waals surface area contributed by atoms with Crippen molar-refractivity contribution < 1.29 is 9.50 Å². The molecule has 0 saturated carbocycles. The Bertz CT molecular complexity index is 293. The predicted molar refractivity (Wildman–Crippen MR) is 50.0 cm³/mol. The van der Waals surface area contributed by atoms with Gasteiger partial charge in [0.25, 0.3) is 0 Å². The minimum absolute atomic E-state index is 0.245. The van der Waals surface area contributed by atoms with Crippen LogP contribution in [0.3, 0.4) is 0 Å². The molecule has 0 aromatic heterocycles. The Morgan fingerprint density at radius 2 is 2.23 bits per heavy atom. The van der Waals surface area contributed by atoms with Crippen molar-refractivity contribution in [3.63, 3.8) is 0 Å². The molecule has 0 saturated heterocycles. The number of hydrogen-bond donors (Lipinski definition) is 2. The molecule has 0 bridgehead atoms. The molecule has 0 heterocycles. The number of benzene rings is 1. The lowest BCUT2D eigenvalue weighted by Crippen LogP contribution is -2.08. The van der Waals surface area contributed by atoms with Crippen LogP contribution in [0.2, 0.25) is 5.02 Å². The van der Waals surface area contributed by atoms with Crippen LogP contribution in [0.15, 0.2) is 18.2 Å². The Kier molecular flexibility index (Phi) is 3.66. The Morgan fingerprint density at radius 1 is 1.54 bits per heavy atom. The molecule has 1 atom stereocenters. The minimum atomic E-state index is -0.845. The lowest BCUT2D eigenvalue weighted by Gasteiger charge is -2.10. The highest BCUT2D eigenvalue weighted by molar-refractivity contribution is 6.30. The van der Waals surface area contributed by atoms with Gasteiger partial charge in [-0.15, -0.1) is 0 Å². The highest BCUT2D eigenvalue weighted by Crippen LogP contribution is 2.22. The van der Waals surface area contributed by atoms with E-state index in [4.69, 9.17) is 17.3 Å². The molecular weight excluding hydrogens is 193 g/mol. The highest BCUT2D eigenvalue weighted by Gasteiger charge is 2.11. The predicted octanol–water partition coefficient (Wildman–Crippen LogP) is 1.86. The summed E-state index contributed by atoms with van der Waals surface area (Å²) in [7, 11) is 0. The second-order valence-electron chi connectivity index (χ2n) is 2.76. The largest absolute Gasteiger partial charge is 0.388 e. The molecular formula is C9H11ClFNO. The van der Waals surface area contributed by atoms with Gasteiger partial charge in [0.05, 0.1) is 6.10 Å². The van der Waals surface area contributed by atoms with Gasteiger partial charge in [-0.1, -0.05) is 17.7 Å². The average molecular weight is 204 g/mol. The molecule has 72 valence electrons. The molecule has 0 unspecified atom stereocenters. The van der Waals surface area contributed by atoms with Crippen molar-refractivity contribution in [3.8, 4) is 0 Å². The average Bonchev–Trinajstić information content (AvgIpc) is 2.04. The molecule has 1 aromatic rings. The van der Waals surface area contributed by atoms with Gasteiger partial charge in [-0.05, 0) is 25.1 Å². The minimum Gasteiger partial charge on any atom is -0.388 e. The summed E-state index contributed by atoms with van der Waals surface area (Å²) in [6.07, 6.45) is -0.499. The topological polar surface area (TPSA) is 46.2 Å². The van der Waals surface area contributed by atoms with Gasteiger partial charge in [-0.2, -0.15) is 0 Å². The van der Waals surface area contributed by atoms with E-state index in [1.54, 1.807) is 6.07 Å². The van der Waals surface area contributed by atoms with Crippen LogP contribution in [0, 0.1) is 5.82 Å². The zero-order chi connectivity index (χ0) is 9.84. The standard InChI is InChI=1S/C9H11ClFNO/c10-6-1-2-7(8(11)5-6)9(13)3-4-12/h1-2,5,9,13H,3-4,12H2/t9-/m1/s1. The molecule has 3 N–H and O–H groups in total. The Hall–Kier alpha value is -0.640. The number of hydrogen-bond acceptors (Lipinski definition) is 2. The monoisotopic (exact) mass is 203 g/mol. The van der Waals surface area contributed by atoms with Crippen LogP contribution in [0.25, 0.3) is 0 Å². The van der Waals surface area contributed by atoms with Gasteiger partial charge >= 0.3 is 0 Å². The first kappa shape index (κ1) is 10.4. The van der Waals surface area contributed by atoms with Gasteiger partial charge in [-0.3, -0.25) is 0 Å². The summed E-state index contributed by atoms with van der Waals surface area (Å²) in [5.41, 5.74) is 5.48. The van der Waals surface area contributed by atoms with Gasteiger partial charge in [0.1, 0.15) is 5.82 Å². The van der Waals surface area contributed by atoms with E-state index < -0.39 is 11.9 Å². The molecule has 4 heteroatoms. The first-order chi connectivity index (χ1) is 6.15. The van der Waals surface area contributed by atoms with E-state index in [1.807, 2.05) is 0 Å². The second kappa shape index (κ2) is 4.56. The van der Waals surface area contributed by atoms with Crippen molar-refractivity contribution in [1.82, 2.24) is 0 Å². The smallest absolute Gasteiger partial charge is 0.130 e. The maximum atomic E-state index is 13.1. The number of aliphatic hydroxyl groups is 1. The quantitative estimate of drug-likeness (QED) is 0.788. The van der Waals surface area contributed by atoms with E-state index in [1.165, 1.54) is 12.1 Å². The van der Waals surface area contributed by atoms with Gasteiger partial charge in [-0.25, -0.2) is 4.39 Å². The van der Waals surface area contributed by atoms with Crippen molar-refractivity contribution in [1.29, 1.82) is 0 Å². The molecule has 13 heavy (non-hydrogen) atoms. The third-order valence-electron chi connectivity index (χ3n) is 1.76. The van der Waals surface area contributed by atoms with Gasteiger partial charge in [0.15, 0.2) is 0 Å². The van der Waals surface area contributed by atoms with E-state index in [9.17, 15) is 9.50 Å². The molecule has 0 aliphatic rings. The number of aliphatic hydroxyl groups excluding tert-OH is 1. The normalized spacial score (nSPS) is 12.9. The number of nitrogens with two attached hydrogens (primary N) is 1. The van der Waals surface area contributed by atoms with Crippen LogP contribution in [-0.2, 0) is 0 Å². The van der Waals surface area contributed by atoms with E-state index >= 15 is 0 Å². The van der Waals surface area contributed by atoms with Crippen molar-refractivity contribution in [2.45, 2.75) is 12.5 Å². The zero-order valence-corrected chi connectivity index (χ0v) is 7.76. The van der Waals surface area contributed by atoms with Crippen molar-refractivity contribution in [2.75, 3.05) is 6.54 Å². The number of halogens is 2. The number of rotatable bonds is 3. The molecule has 0 amide bonds. The second-order valence-corrected chi connectivity index (χ2v) is 3.20. The Balaban J connectivity index is 2.88. The van der Waals surface area contributed by atoms with Crippen LogP contribution in [0.5, 0.6) is 0 Å². The van der Waals surface area contributed by atoms with Crippen molar-refractivity contribution in [2.24, 2.45) is 5.73 Å². The summed E-state index contributed by atoms with van der Waals surface area (Å²) in [6.45, 7) is 0.323. The van der Waals surface area contributed by atoms with E-state index in [0.29, 0.717) is 18.0 Å². The van der Waals surface area contributed by atoms with Crippen LogP contribution in [0.4, 0.5) is 4.39 Å². The Morgan fingerprint density at radius 3 is 2.77 bits per heavy atom. The summed E-state index contributed by atoms with van der Waals surface area (Å²) in [6, 6.07) is 4.19. The molecule has 1 aromatic carbocycles. The van der Waals surface area contributed by atoms with Crippen molar-refractivity contribution >= 4 is 11.6 Å². The molecule has 0 fully saturated rings. The lowest BCUT2D eigenvalue weighted by atomic mass is 10.1. The summed E-state index contributed by atoms with van der Waals surface area (Å²) in [4.78, 5) is 0. The zero-order valence-electron chi connectivity index (χ0n) is 7.00. The van der Waals surface area contributed by atoms with Crippen molar-refractivity contribution in [3.05, 3.63) is 34.6 Å². The molecule has 2 nitrogen and oxygen atoms in total. The van der Waals surface area contributed by atoms with Gasteiger partial charge < -0.3 is 10.8 Å². The fraction of sp³-hybridized carbons (Fsp3) is 0.333. The lowest BCUT2D eigenvalue weighted by molar-refractivity contribution is 0.165. The molecule has 0 aliphatic carbocycles. The summed E-state index contributed by atoms with van der Waals surface area (Å²) < 4.78 is 13.1. The SMILES string of the molecule is NCC[C@@H](O)c1ccc(Cl)cc1F. The third-order valence-corrected chi connectivity index (χ3v) is 2.00. The summed E-state index contributed by atoms with van der Waals surface area (Å²) >= 11 is 5.55. The first-order valence-electron chi connectivity index (χ1n) is 3.98. The highest BCUT2D eigenvalue weighted by atomic mass is 35.5. The molecule has 0 aliphatic heterocycles. The van der Waals surface area contributed by atoms with Gasteiger partial charge in [0, 0.05) is 10.6 Å². The fourth-order valence-electron chi connectivity index (χ4n) is 1.09. The fourth-order valence-corrected chi connectivity index (χ4v) is 1.24. The third kappa shape index (κ3) is 2.66.